The summed E-state index contributed by atoms with van der Waals surface area (Å²) in [7, 11) is 2.00. The van der Waals surface area contributed by atoms with E-state index in [1.165, 1.54) is 18.5 Å². The molecule has 0 fully saturated rings. The molecular formula is C12H22ClN3. The van der Waals surface area contributed by atoms with Gasteiger partial charge in [0.2, 0.25) is 0 Å². The number of aryl methyl sites for hydroxylation is 2. The first-order valence-electron chi connectivity index (χ1n) is 5.95. The van der Waals surface area contributed by atoms with Crippen LogP contribution in [0.4, 0.5) is 0 Å². The Bertz CT molecular complexity index is 309. The molecule has 4 heteroatoms. The first kappa shape index (κ1) is 13.5. The molecule has 0 aliphatic carbocycles. The quantitative estimate of drug-likeness (QED) is 0.687. The van der Waals surface area contributed by atoms with Gasteiger partial charge in [-0.1, -0.05) is 13.3 Å². The lowest BCUT2D eigenvalue weighted by Crippen LogP contribution is -2.27. The Morgan fingerprint density at radius 3 is 2.69 bits per heavy atom. The summed E-state index contributed by atoms with van der Waals surface area (Å²) >= 11 is 5.82. The van der Waals surface area contributed by atoms with Crippen molar-refractivity contribution >= 4 is 11.6 Å². The van der Waals surface area contributed by atoms with E-state index in [9.17, 15) is 0 Å². The van der Waals surface area contributed by atoms with E-state index in [4.69, 9.17) is 11.6 Å². The van der Waals surface area contributed by atoms with Crippen molar-refractivity contribution in [2.45, 2.75) is 33.2 Å². The minimum Gasteiger partial charge on any atom is -0.296 e. The summed E-state index contributed by atoms with van der Waals surface area (Å²) in [6.07, 6.45) is 2.46. The second-order valence-corrected chi connectivity index (χ2v) is 4.60. The Kier molecular flexibility index (Phi) is 5.85. The number of alkyl halides is 1. The Hall–Kier alpha value is -0.540. The molecule has 0 aromatic carbocycles. The highest BCUT2D eigenvalue weighted by Gasteiger charge is 2.08. The standard InChI is InChI=1S/C12H22ClN3/c1-4-5-7-16(8-6-13)10-12-9-11(2)14-15(12)3/h9H,4-8,10H2,1-3H3. The summed E-state index contributed by atoms with van der Waals surface area (Å²) in [5.74, 6) is 0.695. The molecule has 0 saturated carbocycles. The van der Waals surface area contributed by atoms with Crippen LogP contribution in [-0.2, 0) is 13.6 Å². The first-order valence-corrected chi connectivity index (χ1v) is 6.48. The summed E-state index contributed by atoms with van der Waals surface area (Å²) in [5, 5.41) is 4.36. The molecule has 0 spiro atoms. The maximum atomic E-state index is 5.82. The third kappa shape index (κ3) is 4.14. The summed E-state index contributed by atoms with van der Waals surface area (Å²) in [4.78, 5) is 2.40. The summed E-state index contributed by atoms with van der Waals surface area (Å²) in [6.45, 7) is 7.26. The minimum absolute atomic E-state index is 0.695. The van der Waals surface area contributed by atoms with Crippen LogP contribution in [0.5, 0.6) is 0 Å². The summed E-state index contributed by atoms with van der Waals surface area (Å²) in [5.41, 5.74) is 2.34. The smallest absolute Gasteiger partial charge is 0.0597 e. The Balaban J connectivity index is 2.56. The van der Waals surface area contributed by atoms with Gasteiger partial charge in [0, 0.05) is 26.0 Å². The molecule has 1 heterocycles. The van der Waals surface area contributed by atoms with Gasteiger partial charge in [0.25, 0.3) is 0 Å². The van der Waals surface area contributed by atoms with Crippen LogP contribution in [0.25, 0.3) is 0 Å². The highest BCUT2D eigenvalue weighted by molar-refractivity contribution is 6.18. The monoisotopic (exact) mass is 243 g/mol. The lowest BCUT2D eigenvalue weighted by Gasteiger charge is -2.20. The number of unbranched alkanes of at least 4 members (excludes halogenated alkanes) is 1. The lowest BCUT2D eigenvalue weighted by atomic mass is 10.3. The van der Waals surface area contributed by atoms with Crippen molar-refractivity contribution in [2.24, 2.45) is 7.05 Å². The lowest BCUT2D eigenvalue weighted by molar-refractivity contribution is 0.269. The third-order valence-corrected chi connectivity index (χ3v) is 2.88. The number of aromatic nitrogens is 2. The van der Waals surface area contributed by atoms with Crippen molar-refractivity contribution in [2.75, 3.05) is 19.0 Å². The molecule has 1 aromatic heterocycles. The van der Waals surface area contributed by atoms with E-state index in [-0.39, 0.29) is 0 Å². The van der Waals surface area contributed by atoms with E-state index < -0.39 is 0 Å². The van der Waals surface area contributed by atoms with Gasteiger partial charge in [0.05, 0.1) is 11.4 Å². The molecule has 0 bridgehead atoms. The zero-order valence-electron chi connectivity index (χ0n) is 10.5. The van der Waals surface area contributed by atoms with Gasteiger partial charge in [0.15, 0.2) is 0 Å². The Morgan fingerprint density at radius 1 is 1.44 bits per heavy atom. The number of hydrogen-bond acceptors (Lipinski definition) is 2. The predicted molar refractivity (Wildman–Crippen MR) is 68.9 cm³/mol. The molecule has 92 valence electrons. The van der Waals surface area contributed by atoms with Gasteiger partial charge in [-0.2, -0.15) is 5.10 Å². The second-order valence-electron chi connectivity index (χ2n) is 4.22. The van der Waals surface area contributed by atoms with Crippen LogP contribution in [0.1, 0.15) is 31.2 Å². The zero-order valence-corrected chi connectivity index (χ0v) is 11.3. The molecule has 0 aliphatic heterocycles. The SMILES string of the molecule is CCCCN(CCCl)Cc1cc(C)nn1C. The van der Waals surface area contributed by atoms with Crippen molar-refractivity contribution in [1.82, 2.24) is 14.7 Å². The van der Waals surface area contributed by atoms with Crippen molar-refractivity contribution in [3.63, 3.8) is 0 Å². The fourth-order valence-corrected chi connectivity index (χ4v) is 2.05. The van der Waals surface area contributed by atoms with E-state index in [0.29, 0.717) is 5.88 Å². The number of nitrogens with zero attached hydrogens (tertiary/aromatic N) is 3. The number of hydrogen-bond donors (Lipinski definition) is 0. The van der Waals surface area contributed by atoms with E-state index in [2.05, 4.69) is 23.0 Å². The molecule has 1 rings (SSSR count). The molecule has 1 aromatic rings. The van der Waals surface area contributed by atoms with Crippen molar-refractivity contribution < 1.29 is 0 Å². The van der Waals surface area contributed by atoms with Crippen LogP contribution >= 0.6 is 11.6 Å². The number of halogens is 1. The van der Waals surface area contributed by atoms with Crippen LogP contribution in [0.2, 0.25) is 0 Å². The van der Waals surface area contributed by atoms with Crippen LogP contribution in [0.3, 0.4) is 0 Å². The molecule has 0 unspecified atom stereocenters. The Labute approximate surface area is 103 Å². The molecule has 3 nitrogen and oxygen atoms in total. The average molecular weight is 244 g/mol. The summed E-state index contributed by atoms with van der Waals surface area (Å²) in [6, 6.07) is 2.15. The fraction of sp³-hybridized carbons (Fsp3) is 0.750. The van der Waals surface area contributed by atoms with Gasteiger partial charge < -0.3 is 0 Å². The molecule has 0 radical (unpaired) electrons. The van der Waals surface area contributed by atoms with E-state index in [0.717, 1.165) is 25.3 Å². The van der Waals surface area contributed by atoms with Crippen LogP contribution in [0.15, 0.2) is 6.07 Å². The maximum Gasteiger partial charge on any atom is 0.0597 e. The van der Waals surface area contributed by atoms with E-state index >= 15 is 0 Å². The van der Waals surface area contributed by atoms with Crippen LogP contribution in [0, 0.1) is 6.92 Å². The minimum atomic E-state index is 0.695. The summed E-state index contributed by atoms with van der Waals surface area (Å²) < 4.78 is 1.96. The Morgan fingerprint density at radius 2 is 2.19 bits per heavy atom. The number of rotatable bonds is 7. The molecule has 0 N–H and O–H groups in total. The van der Waals surface area contributed by atoms with Crippen molar-refractivity contribution in [3.8, 4) is 0 Å². The molecule has 0 atom stereocenters. The van der Waals surface area contributed by atoms with E-state index in [1.54, 1.807) is 0 Å². The molecule has 0 amide bonds. The largest absolute Gasteiger partial charge is 0.296 e. The zero-order chi connectivity index (χ0) is 12.0. The fourth-order valence-electron chi connectivity index (χ4n) is 1.81. The predicted octanol–water partition coefficient (Wildman–Crippen LogP) is 2.57. The van der Waals surface area contributed by atoms with Gasteiger partial charge >= 0.3 is 0 Å². The highest BCUT2D eigenvalue weighted by Crippen LogP contribution is 2.07. The van der Waals surface area contributed by atoms with Gasteiger partial charge in [0.1, 0.15) is 0 Å². The van der Waals surface area contributed by atoms with Crippen LogP contribution < -0.4 is 0 Å². The topological polar surface area (TPSA) is 21.1 Å². The van der Waals surface area contributed by atoms with Crippen molar-refractivity contribution in [3.05, 3.63) is 17.5 Å². The average Bonchev–Trinajstić information content (AvgIpc) is 2.54. The van der Waals surface area contributed by atoms with E-state index in [1.807, 2.05) is 18.7 Å². The van der Waals surface area contributed by atoms with Crippen LogP contribution in [-0.4, -0.2) is 33.6 Å². The molecule has 0 aliphatic rings. The van der Waals surface area contributed by atoms with Gasteiger partial charge in [-0.05, 0) is 26.0 Å². The molecular weight excluding hydrogens is 222 g/mol. The molecule has 0 saturated heterocycles. The second kappa shape index (κ2) is 6.92. The normalized spacial score (nSPS) is 11.3. The van der Waals surface area contributed by atoms with Gasteiger partial charge in [-0.15, -0.1) is 11.6 Å². The van der Waals surface area contributed by atoms with Crippen molar-refractivity contribution in [1.29, 1.82) is 0 Å². The highest BCUT2D eigenvalue weighted by atomic mass is 35.5. The maximum absolute atomic E-state index is 5.82. The first-order chi connectivity index (χ1) is 7.67. The molecule has 16 heavy (non-hydrogen) atoms. The van der Waals surface area contributed by atoms with Gasteiger partial charge in [-0.25, -0.2) is 0 Å². The van der Waals surface area contributed by atoms with Gasteiger partial charge in [-0.3, -0.25) is 9.58 Å². The third-order valence-electron chi connectivity index (χ3n) is 2.71.